The number of aliphatic hydroxyl groups is 2. The number of nitrogens with one attached hydrogen (secondary N) is 1. The van der Waals surface area contributed by atoms with E-state index in [-0.39, 0.29) is 11.1 Å². The van der Waals surface area contributed by atoms with Gasteiger partial charge in [0.05, 0.1) is 12.7 Å². The second-order valence-corrected chi connectivity index (χ2v) is 6.94. The van der Waals surface area contributed by atoms with E-state index in [4.69, 9.17) is 4.74 Å². The zero-order valence-electron chi connectivity index (χ0n) is 16.6. The Morgan fingerprint density at radius 2 is 1.52 bits per heavy atom. The first-order chi connectivity index (χ1) is 15.0. The number of nitrogens with zero attached hydrogens (tertiary/aromatic N) is 1. The summed E-state index contributed by atoms with van der Waals surface area (Å²) in [5, 5.41) is 23.5. The van der Waals surface area contributed by atoms with Crippen molar-refractivity contribution in [3.05, 3.63) is 107 Å². The number of hydrazine groups is 1. The molecule has 1 heterocycles. The van der Waals surface area contributed by atoms with Gasteiger partial charge in [-0.3, -0.25) is 15.0 Å². The van der Waals surface area contributed by atoms with Crippen molar-refractivity contribution in [3.63, 3.8) is 0 Å². The Balaban J connectivity index is 1.92. The minimum absolute atomic E-state index is 0.0927. The molecule has 3 aromatic carbocycles. The van der Waals surface area contributed by atoms with Gasteiger partial charge in [0.25, 0.3) is 5.91 Å². The van der Waals surface area contributed by atoms with E-state index in [1.165, 1.54) is 19.2 Å². The highest BCUT2D eigenvalue weighted by atomic mass is 16.5. The van der Waals surface area contributed by atoms with Crippen LogP contribution >= 0.6 is 0 Å². The number of carbonyl (C=O) groups is 2. The SMILES string of the molecule is COc1ccc(C(=O)N2NC(=O)C(O)=C(c3ccccc3)[C@@]2(O)c2ccccc2)cc1. The summed E-state index contributed by atoms with van der Waals surface area (Å²) < 4.78 is 5.13. The number of hydrogen-bond acceptors (Lipinski definition) is 5. The highest BCUT2D eigenvalue weighted by Crippen LogP contribution is 2.43. The molecular formula is C24H20N2O5. The molecule has 0 spiro atoms. The number of amides is 2. The van der Waals surface area contributed by atoms with Crippen LogP contribution in [-0.4, -0.2) is 34.1 Å². The highest BCUT2D eigenvalue weighted by molar-refractivity contribution is 6.06. The van der Waals surface area contributed by atoms with Crippen molar-refractivity contribution in [2.45, 2.75) is 5.72 Å². The summed E-state index contributed by atoms with van der Waals surface area (Å²) in [4.78, 5) is 26.0. The van der Waals surface area contributed by atoms with E-state index in [9.17, 15) is 19.8 Å². The number of carbonyl (C=O) groups excluding carboxylic acids is 2. The van der Waals surface area contributed by atoms with Gasteiger partial charge < -0.3 is 14.9 Å². The number of ether oxygens (including phenoxy) is 1. The quantitative estimate of drug-likeness (QED) is 0.607. The fourth-order valence-electron chi connectivity index (χ4n) is 3.57. The first-order valence-electron chi connectivity index (χ1n) is 9.53. The maximum absolute atomic E-state index is 13.4. The summed E-state index contributed by atoms with van der Waals surface area (Å²) >= 11 is 0. The average Bonchev–Trinajstić information content (AvgIpc) is 2.82. The second kappa shape index (κ2) is 7.97. The lowest BCUT2D eigenvalue weighted by Gasteiger charge is -2.44. The molecule has 0 bridgehead atoms. The van der Waals surface area contributed by atoms with Crippen LogP contribution in [0, 0.1) is 0 Å². The average molecular weight is 416 g/mol. The largest absolute Gasteiger partial charge is 0.503 e. The summed E-state index contributed by atoms with van der Waals surface area (Å²) in [5.41, 5.74) is 0.979. The fourth-order valence-corrected chi connectivity index (χ4v) is 3.57. The van der Waals surface area contributed by atoms with Crippen LogP contribution in [0.2, 0.25) is 0 Å². The predicted molar refractivity (Wildman–Crippen MR) is 114 cm³/mol. The van der Waals surface area contributed by atoms with E-state index in [1.54, 1.807) is 72.8 Å². The number of rotatable bonds is 4. The van der Waals surface area contributed by atoms with Gasteiger partial charge in [0.2, 0.25) is 5.72 Å². The topological polar surface area (TPSA) is 99.1 Å². The van der Waals surface area contributed by atoms with E-state index in [0.717, 1.165) is 5.01 Å². The van der Waals surface area contributed by atoms with Crippen LogP contribution in [0.25, 0.3) is 5.57 Å². The Kier molecular flexibility index (Phi) is 5.19. The number of benzene rings is 3. The Morgan fingerprint density at radius 1 is 0.935 bits per heavy atom. The summed E-state index contributed by atoms with van der Waals surface area (Å²) in [5.74, 6) is -1.68. The van der Waals surface area contributed by atoms with Gasteiger partial charge in [0.15, 0.2) is 5.76 Å². The van der Waals surface area contributed by atoms with Crippen molar-refractivity contribution in [3.8, 4) is 5.75 Å². The third kappa shape index (κ3) is 3.41. The van der Waals surface area contributed by atoms with Crippen LogP contribution in [0.1, 0.15) is 21.5 Å². The van der Waals surface area contributed by atoms with Crippen molar-refractivity contribution in [1.82, 2.24) is 10.4 Å². The van der Waals surface area contributed by atoms with Gasteiger partial charge in [0.1, 0.15) is 5.75 Å². The summed E-state index contributed by atoms with van der Waals surface area (Å²) in [7, 11) is 1.51. The van der Waals surface area contributed by atoms with Gasteiger partial charge >= 0.3 is 5.91 Å². The summed E-state index contributed by atoms with van der Waals surface area (Å²) in [6, 6.07) is 23.1. The third-order valence-electron chi connectivity index (χ3n) is 5.12. The fraction of sp³-hybridized carbons (Fsp3) is 0.0833. The number of aliphatic hydroxyl groups excluding tert-OH is 1. The van der Waals surface area contributed by atoms with Crippen LogP contribution in [0.4, 0.5) is 0 Å². The van der Waals surface area contributed by atoms with Crippen molar-refractivity contribution >= 4 is 17.4 Å². The molecule has 0 radical (unpaired) electrons. The van der Waals surface area contributed by atoms with E-state index in [0.29, 0.717) is 16.9 Å². The van der Waals surface area contributed by atoms with E-state index in [2.05, 4.69) is 5.43 Å². The van der Waals surface area contributed by atoms with Crippen molar-refractivity contribution in [1.29, 1.82) is 0 Å². The maximum Gasteiger partial charge on any atom is 0.305 e. The molecule has 1 aliphatic heterocycles. The van der Waals surface area contributed by atoms with Crippen molar-refractivity contribution < 1.29 is 24.5 Å². The lowest BCUT2D eigenvalue weighted by molar-refractivity contribution is -0.138. The Morgan fingerprint density at radius 3 is 2.10 bits per heavy atom. The molecule has 0 saturated carbocycles. The van der Waals surface area contributed by atoms with Gasteiger partial charge in [-0.2, -0.15) is 0 Å². The van der Waals surface area contributed by atoms with Gasteiger partial charge in [-0.25, -0.2) is 5.01 Å². The molecule has 7 nitrogen and oxygen atoms in total. The maximum atomic E-state index is 13.4. The lowest BCUT2D eigenvalue weighted by atomic mass is 9.85. The molecule has 3 aromatic rings. The molecule has 0 aliphatic carbocycles. The molecule has 2 amide bonds. The van der Waals surface area contributed by atoms with E-state index >= 15 is 0 Å². The van der Waals surface area contributed by atoms with Gasteiger partial charge in [-0.15, -0.1) is 0 Å². The molecule has 3 N–H and O–H groups in total. The van der Waals surface area contributed by atoms with E-state index < -0.39 is 23.3 Å². The van der Waals surface area contributed by atoms with Crippen molar-refractivity contribution in [2.75, 3.05) is 7.11 Å². The molecule has 31 heavy (non-hydrogen) atoms. The molecule has 0 saturated heterocycles. The second-order valence-electron chi connectivity index (χ2n) is 6.94. The molecule has 0 unspecified atom stereocenters. The molecule has 4 rings (SSSR count). The molecule has 7 heteroatoms. The molecule has 1 atom stereocenters. The Bertz CT molecular complexity index is 1140. The third-order valence-corrected chi connectivity index (χ3v) is 5.12. The lowest BCUT2D eigenvalue weighted by Crippen LogP contribution is -2.62. The Hall–Kier alpha value is -4.10. The first kappa shape index (κ1) is 20.2. The molecule has 0 aromatic heterocycles. The zero-order valence-corrected chi connectivity index (χ0v) is 16.6. The molecule has 156 valence electrons. The van der Waals surface area contributed by atoms with Gasteiger partial charge in [0, 0.05) is 11.1 Å². The number of methoxy groups -OCH3 is 1. The molecule has 1 aliphatic rings. The van der Waals surface area contributed by atoms with Crippen LogP contribution in [0.3, 0.4) is 0 Å². The minimum Gasteiger partial charge on any atom is -0.503 e. The van der Waals surface area contributed by atoms with Gasteiger partial charge in [-0.05, 0) is 29.8 Å². The first-order valence-corrected chi connectivity index (χ1v) is 9.53. The minimum atomic E-state index is -2.17. The zero-order chi connectivity index (χ0) is 22.0. The molecular weight excluding hydrogens is 396 g/mol. The summed E-state index contributed by atoms with van der Waals surface area (Å²) in [6.07, 6.45) is 0. The standard InChI is InChI=1S/C24H20N2O5/c1-31-19-14-12-17(13-15-19)23(29)26-24(30,18-10-6-3-7-11-18)20(21(27)22(28)25-26)16-8-4-2-5-9-16/h2-15,27,30H,1H3,(H,25,28)/t24-/m0/s1. The van der Waals surface area contributed by atoms with Gasteiger partial charge in [-0.1, -0.05) is 60.7 Å². The van der Waals surface area contributed by atoms with Crippen LogP contribution in [0.15, 0.2) is 90.7 Å². The normalized spacial score (nSPS) is 18.5. The van der Waals surface area contributed by atoms with Crippen LogP contribution in [-0.2, 0) is 10.5 Å². The monoisotopic (exact) mass is 416 g/mol. The van der Waals surface area contributed by atoms with Crippen LogP contribution in [0.5, 0.6) is 5.75 Å². The van der Waals surface area contributed by atoms with Crippen LogP contribution < -0.4 is 10.2 Å². The Labute approximate surface area is 178 Å². The van der Waals surface area contributed by atoms with Crippen molar-refractivity contribution in [2.24, 2.45) is 0 Å². The number of hydrogen-bond donors (Lipinski definition) is 3. The predicted octanol–water partition coefficient (Wildman–Crippen LogP) is 3.00. The van der Waals surface area contributed by atoms with E-state index in [1.807, 2.05) is 0 Å². The smallest absolute Gasteiger partial charge is 0.305 e. The molecule has 0 fully saturated rings. The highest BCUT2D eigenvalue weighted by Gasteiger charge is 2.51. The summed E-state index contributed by atoms with van der Waals surface area (Å²) in [6.45, 7) is 0.